The van der Waals surface area contributed by atoms with E-state index >= 15 is 0 Å². The Bertz CT molecular complexity index is 704. The lowest BCUT2D eigenvalue weighted by Crippen LogP contribution is -2.12. The van der Waals surface area contributed by atoms with Crippen LogP contribution in [0.1, 0.15) is 12.8 Å². The van der Waals surface area contributed by atoms with Crippen molar-refractivity contribution in [3.8, 4) is 0 Å². The lowest BCUT2D eigenvalue weighted by Gasteiger charge is -2.06. The summed E-state index contributed by atoms with van der Waals surface area (Å²) < 4.78 is 14.4. The van der Waals surface area contributed by atoms with Gasteiger partial charge >= 0.3 is 5.69 Å². The van der Waals surface area contributed by atoms with E-state index in [0.29, 0.717) is 18.7 Å². The Morgan fingerprint density at radius 2 is 2.27 bits per heavy atom. The van der Waals surface area contributed by atoms with Crippen LogP contribution in [0.4, 0.5) is 15.8 Å². The molecule has 1 amide bonds. The van der Waals surface area contributed by atoms with Crippen molar-refractivity contribution in [3.63, 3.8) is 0 Å². The number of aryl methyl sites for hydroxylation is 1. The third kappa shape index (κ3) is 4.26. The van der Waals surface area contributed by atoms with Gasteiger partial charge in [-0.15, -0.1) is 0 Å². The van der Waals surface area contributed by atoms with Gasteiger partial charge in [-0.3, -0.25) is 19.6 Å². The molecule has 0 spiro atoms. The number of nitrogens with zero attached hydrogens (tertiary/aromatic N) is 3. The molecular formula is C13H12ClFN4O3. The smallest absolute Gasteiger partial charge is 0.306 e. The summed E-state index contributed by atoms with van der Waals surface area (Å²) in [5.74, 6) is -0.815. The molecule has 0 fully saturated rings. The summed E-state index contributed by atoms with van der Waals surface area (Å²) in [5, 5.41) is 16.8. The Morgan fingerprint density at radius 3 is 2.91 bits per heavy atom. The Labute approximate surface area is 129 Å². The fourth-order valence-electron chi connectivity index (χ4n) is 1.77. The van der Waals surface area contributed by atoms with Gasteiger partial charge in [0.2, 0.25) is 5.91 Å². The van der Waals surface area contributed by atoms with E-state index in [1.54, 1.807) is 0 Å². The molecule has 9 heteroatoms. The molecule has 0 radical (unpaired) electrons. The second-order valence-corrected chi connectivity index (χ2v) is 4.91. The summed E-state index contributed by atoms with van der Waals surface area (Å²) in [7, 11) is 0. The van der Waals surface area contributed by atoms with Gasteiger partial charge in [-0.25, -0.2) is 4.39 Å². The molecular weight excluding hydrogens is 315 g/mol. The van der Waals surface area contributed by atoms with Crippen LogP contribution in [0.3, 0.4) is 0 Å². The highest BCUT2D eigenvalue weighted by Crippen LogP contribution is 2.19. The molecule has 0 atom stereocenters. The summed E-state index contributed by atoms with van der Waals surface area (Å²) in [4.78, 5) is 21.7. The molecule has 1 heterocycles. The van der Waals surface area contributed by atoms with Crippen molar-refractivity contribution in [2.75, 3.05) is 5.32 Å². The number of benzene rings is 1. The quantitative estimate of drug-likeness (QED) is 0.652. The van der Waals surface area contributed by atoms with Crippen LogP contribution in [0, 0.1) is 15.9 Å². The van der Waals surface area contributed by atoms with Crippen molar-refractivity contribution in [1.82, 2.24) is 9.78 Å². The van der Waals surface area contributed by atoms with Gasteiger partial charge in [-0.2, -0.15) is 5.10 Å². The van der Waals surface area contributed by atoms with Crippen molar-refractivity contribution in [3.05, 3.63) is 51.5 Å². The van der Waals surface area contributed by atoms with E-state index in [9.17, 15) is 19.3 Å². The molecule has 7 nitrogen and oxygen atoms in total. The SMILES string of the molecule is O=C(CCCn1cc([N+](=O)[O-])cn1)Nc1ccc(F)c(Cl)c1. The molecule has 2 rings (SSSR count). The number of nitro groups is 1. The van der Waals surface area contributed by atoms with E-state index in [0.717, 1.165) is 6.20 Å². The van der Waals surface area contributed by atoms with Gasteiger partial charge in [0.1, 0.15) is 18.2 Å². The average Bonchev–Trinajstić information content (AvgIpc) is 2.92. The first-order chi connectivity index (χ1) is 10.5. The highest BCUT2D eigenvalue weighted by atomic mass is 35.5. The fourth-order valence-corrected chi connectivity index (χ4v) is 1.95. The number of anilines is 1. The molecule has 0 aliphatic heterocycles. The molecule has 1 aromatic carbocycles. The van der Waals surface area contributed by atoms with Gasteiger partial charge in [0.05, 0.1) is 9.95 Å². The van der Waals surface area contributed by atoms with Crippen LogP contribution < -0.4 is 5.32 Å². The number of amides is 1. The Kier molecular flexibility index (Phi) is 5.05. The summed E-state index contributed by atoms with van der Waals surface area (Å²) in [5.41, 5.74) is 0.316. The molecule has 0 saturated carbocycles. The number of hydrogen-bond acceptors (Lipinski definition) is 4. The predicted molar refractivity (Wildman–Crippen MR) is 78.2 cm³/mol. The molecule has 1 aromatic heterocycles. The van der Waals surface area contributed by atoms with Crippen molar-refractivity contribution >= 4 is 28.9 Å². The average molecular weight is 327 g/mol. The molecule has 0 saturated heterocycles. The van der Waals surface area contributed by atoms with Crippen molar-refractivity contribution in [1.29, 1.82) is 0 Å². The van der Waals surface area contributed by atoms with Crippen molar-refractivity contribution in [2.24, 2.45) is 0 Å². The number of carbonyl (C=O) groups is 1. The third-order valence-corrected chi connectivity index (χ3v) is 3.11. The standard InChI is InChI=1S/C13H12ClFN4O3/c14-11-6-9(3-4-12(11)15)17-13(20)2-1-5-18-8-10(7-16-18)19(21)22/h3-4,6-8H,1-2,5H2,(H,17,20). The maximum Gasteiger partial charge on any atom is 0.306 e. The Balaban J connectivity index is 1.79. The fraction of sp³-hybridized carbons (Fsp3) is 0.231. The molecule has 2 aromatic rings. The van der Waals surface area contributed by atoms with E-state index in [1.807, 2.05) is 0 Å². The van der Waals surface area contributed by atoms with E-state index in [2.05, 4.69) is 10.4 Å². The molecule has 0 bridgehead atoms. The third-order valence-electron chi connectivity index (χ3n) is 2.82. The maximum absolute atomic E-state index is 13.0. The van der Waals surface area contributed by atoms with Crippen LogP contribution in [0.15, 0.2) is 30.6 Å². The predicted octanol–water partition coefficient (Wildman–Crippen LogP) is 3.00. The zero-order valence-electron chi connectivity index (χ0n) is 11.3. The van der Waals surface area contributed by atoms with Crippen LogP contribution in [0.5, 0.6) is 0 Å². The number of aromatic nitrogens is 2. The van der Waals surface area contributed by atoms with Crippen LogP contribution in [-0.4, -0.2) is 20.6 Å². The topological polar surface area (TPSA) is 90.1 Å². The van der Waals surface area contributed by atoms with Crippen LogP contribution in [0.25, 0.3) is 0 Å². The molecule has 116 valence electrons. The summed E-state index contributed by atoms with van der Waals surface area (Å²) in [6.07, 6.45) is 3.11. The normalized spacial score (nSPS) is 10.5. The number of hydrogen-bond donors (Lipinski definition) is 1. The molecule has 0 unspecified atom stereocenters. The largest absolute Gasteiger partial charge is 0.326 e. The molecule has 22 heavy (non-hydrogen) atoms. The van der Waals surface area contributed by atoms with Gasteiger partial charge < -0.3 is 5.32 Å². The van der Waals surface area contributed by atoms with Crippen molar-refractivity contribution in [2.45, 2.75) is 19.4 Å². The minimum atomic E-state index is -0.556. The number of carbonyl (C=O) groups excluding carboxylic acids is 1. The highest BCUT2D eigenvalue weighted by Gasteiger charge is 2.09. The first kappa shape index (κ1) is 15.9. The molecule has 0 aliphatic carbocycles. The highest BCUT2D eigenvalue weighted by molar-refractivity contribution is 6.31. The van der Waals surface area contributed by atoms with Gasteiger partial charge in [-0.1, -0.05) is 11.6 Å². The summed E-state index contributed by atoms with van der Waals surface area (Å²) in [6, 6.07) is 3.91. The van der Waals surface area contributed by atoms with E-state index < -0.39 is 10.7 Å². The lowest BCUT2D eigenvalue weighted by atomic mass is 10.2. The van der Waals surface area contributed by atoms with Crippen LogP contribution in [0.2, 0.25) is 5.02 Å². The van der Waals surface area contributed by atoms with E-state index in [-0.39, 0.29) is 23.0 Å². The van der Waals surface area contributed by atoms with E-state index in [1.165, 1.54) is 29.1 Å². The number of nitrogens with one attached hydrogen (secondary N) is 1. The van der Waals surface area contributed by atoms with Gasteiger partial charge in [0, 0.05) is 18.7 Å². The Hall–Kier alpha value is -2.48. The summed E-state index contributed by atoms with van der Waals surface area (Å²) >= 11 is 5.62. The molecule has 0 aliphatic rings. The zero-order chi connectivity index (χ0) is 16.1. The summed E-state index contributed by atoms with van der Waals surface area (Å²) in [6.45, 7) is 0.380. The minimum Gasteiger partial charge on any atom is -0.326 e. The minimum absolute atomic E-state index is 0.0679. The first-order valence-electron chi connectivity index (χ1n) is 6.37. The number of halogens is 2. The second kappa shape index (κ2) is 6.99. The van der Waals surface area contributed by atoms with Gasteiger partial charge in [0.25, 0.3) is 0 Å². The monoisotopic (exact) mass is 326 g/mol. The van der Waals surface area contributed by atoms with Crippen LogP contribution in [-0.2, 0) is 11.3 Å². The first-order valence-corrected chi connectivity index (χ1v) is 6.75. The lowest BCUT2D eigenvalue weighted by molar-refractivity contribution is -0.385. The van der Waals surface area contributed by atoms with E-state index in [4.69, 9.17) is 11.6 Å². The zero-order valence-corrected chi connectivity index (χ0v) is 12.1. The van der Waals surface area contributed by atoms with Crippen molar-refractivity contribution < 1.29 is 14.1 Å². The van der Waals surface area contributed by atoms with Gasteiger partial charge in [-0.05, 0) is 24.6 Å². The molecule has 1 N–H and O–H groups in total. The number of rotatable bonds is 6. The second-order valence-electron chi connectivity index (χ2n) is 4.50. The van der Waals surface area contributed by atoms with Gasteiger partial charge in [0.15, 0.2) is 0 Å². The Morgan fingerprint density at radius 1 is 1.50 bits per heavy atom. The van der Waals surface area contributed by atoms with Crippen LogP contribution >= 0.6 is 11.6 Å². The maximum atomic E-state index is 13.0.